The van der Waals surface area contributed by atoms with Crippen LogP contribution in [0.25, 0.3) is 0 Å². The molecule has 0 bridgehead atoms. The van der Waals surface area contributed by atoms with Crippen LogP contribution in [-0.4, -0.2) is 31.7 Å². The summed E-state index contributed by atoms with van der Waals surface area (Å²) < 4.78 is 51.9. The number of rotatable bonds is 8. The Morgan fingerprint density at radius 2 is 1.71 bits per heavy atom. The Balaban J connectivity index is 0. The summed E-state index contributed by atoms with van der Waals surface area (Å²) in [4.78, 5) is 0. The average Bonchev–Trinajstić information content (AvgIpc) is 2.22. The zero-order valence-electron chi connectivity index (χ0n) is 9.82. The molecule has 104 valence electrons. The first-order chi connectivity index (χ1) is 7.83. The third-order valence-corrected chi connectivity index (χ3v) is 2.55. The van der Waals surface area contributed by atoms with Gasteiger partial charge in [0.25, 0.3) is 10.1 Å². The Morgan fingerprint density at radius 3 is 2.06 bits per heavy atom. The van der Waals surface area contributed by atoms with Crippen molar-refractivity contribution in [1.82, 2.24) is 0 Å². The smallest absolute Gasteiger partial charge is 0.264 e. The fraction of sp³-hybridized carbons (Fsp3) is 0.800. The fourth-order valence-electron chi connectivity index (χ4n) is 0.937. The molecule has 0 aromatic carbocycles. The van der Waals surface area contributed by atoms with Crippen LogP contribution in [0.3, 0.4) is 0 Å². The maximum atomic E-state index is 11.6. The summed E-state index contributed by atoms with van der Waals surface area (Å²) >= 11 is 0. The highest BCUT2D eigenvalue weighted by Gasteiger charge is 2.04. The van der Waals surface area contributed by atoms with E-state index in [2.05, 4.69) is 6.58 Å². The monoisotopic (exact) mass is 273 g/mol. The lowest BCUT2D eigenvalue weighted by atomic mass is 10.2. The molecule has 0 amide bonds. The Bertz CT molecular complexity index is 269. The molecule has 0 spiro atoms. The van der Waals surface area contributed by atoms with E-state index in [0.717, 1.165) is 0 Å². The van der Waals surface area contributed by atoms with Gasteiger partial charge in [-0.25, -0.2) is 8.78 Å². The van der Waals surface area contributed by atoms with E-state index in [9.17, 15) is 17.2 Å². The highest BCUT2D eigenvalue weighted by molar-refractivity contribution is 7.85. The van der Waals surface area contributed by atoms with Crippen molar-refractivity contribution in [2.45, 2.75) is 38.5 Å². The van der Waals surface area contributed by atoms with Crippen molar-refractivity contribution in [3.05, 3.63) is 12.7 Å². The maximum absolute atomic E-state index is 11.6. The second-order valence-electron chi connectivity index (χ2n) is 3.40. The van der Waals surface area contributed by atoms with Gasteiger partial charge in [-0.3, -0.25) is 4.55 Å². The molecule has 0 fully saturated rings. The van der Waals surface area contributed by atoms with Crippen LogP contribution in [0.2, 0.25) is 0 Å². The van der Waals surface area contributed by atoms with Crippen molar-refractivity contribution in [1.29, 1.82) is 0 Å². The number of halogens is 2. The van der Waals surface area contributed by atoms with Gasteiger partial charge in [-0.05, 0) is 12.8 Å². The SMILES string of the molecule is C=CCN.O=S(=O)(O)CCCCCCC(F)F. The normalized spacial score (nSPS) is 10.9. The molecule has 0 aromatic rings. The minimum atomic E-state index is -3.88. The molecule has 0 atom stereocenters. The molecule has 17 heavy (non-hydrogen) atoms. The third-order valence-electron chi connectivity index (χ3n) is 1.74. The zero-order valence-corrected chi connectivity index (χ0v) is 10.6. The van der Waals surface area contributed by atoms with Crippen LogP contribution in [0.15, 0.2) is 12.7 Å². The molecule has 0 heterocycles. The van der Waals surface area contributed by atoms with Crippen molar-refractivity contribution in [3.63, 3.8) is 0 Å². The van der Waals surface area contributed by atoms with Gasteiger partial charge in [0.05, 0.1) is 5.75 Å². The van der Waals surface area contributed by atoms with E-state index in [4.69, 9.17) is 10.3 Å². The van der Waals surface area contributed by atoms with E-state index in [1.165, 1.54) is 0 Å². The van der Waals surface area contributed by atoms with Gasteiger partial charge in [-0.2, -0.15) is 8.42 Å². The molecule has 0 aliphatic heterocycles. The van der Waals surface area contributed by atoms with Gasteiger partial charge in [0.1, 0.15) is 0 Å². The highest BCUT2D eigenvalue weighted by atomic mass is 32.2. The van der Waals surface area contributed by atoms with Gasteiger partial charge in [-0.15, -0.1) is 6.58 Å². The van der Waals surface area contributed by atoms with Gasteiger partial charge < -0.3 is 5.73 Å². The summed E-state index contributed by atoms with van der Waals surface area (Å²) in [5.41, 5.74) is 4.91. The van der Waals surface area contributed by atoms with Crippen LogP contribution < -0.4 is 5.73 Å². The van der Waals surface area contributed by atoms with Crippen LogP contribution in [0.4, 0.5) is 8.78 Å². The minimum Gasteiger partial charge on any atom is -0.327 e. The average molecular weight is 273 g/mol. The number of hydrogen-bond acceptors (Lipinski definition) is 3. The van der Waals surface area contributed by atoms with E-state index < -0.39 is 16.5 Å². The lowest BCUT2D eigenvalue weighted by Crippen LogP contribution is -2.03. The summed E-state index contributed by atoms with van der Waals surface area (Å²) in [6.07, 6.45) is 1.13. The predicted molar refractivity (Wildman–Crippen MR) is 64.8 cm³/mol. The number of hydrogen-bond donors (Lipinski definition) is 2. The van der Waals surface area contributed by atoms with E-state index in [1.807, 2.05) is 0 Å². The first-order valence-corrected chi connectivity index (χ1v) is 6.98. The molecule has 3 N–H and O–H groups in total. The topological polar surface area (TPSA) is 80.4 Å². The van der Waals surface area contributed by atoms with Gasteiger partial charge in [0, 0.05) is 13.0 Å². The number of alkyl halides is 2. The van der Waals surface area contributed by atoms with Crippen molar-refractivity contribution in [2.75, 3.05) is 12.3 Å². The van der Waals surface area contributed by atoms with Crippen molar-refractivity contribution < 1.29 is 21.8 Å². The molecule has 0 aromatic heterocycles. The lowest BCUT2D eigenvalue weighted by molar-refractivity contribution is 0.134. The molecule has 0 rings (SSSR count). The second-order valence-corrected chi connectivity index (χ2v) is 4.98. The Labute approximate surface area is 102 Å². The summed E-state index contributed by atoms with van der Waals surface area (Å²) in [6, 6.07) is 0. The van der Waals surface area contributed by atoms with Crippen molar-refractivity contribution >= 4 is 10.1 Å². The Hall–Kier alpha value is -0.530. The predicted octanol–water partition coefficient (Wildman–Crippen LogP) is 2.22. The first-order valence-electron chi connectivity index (χ1n) is 5.37. The molecular formula is C10H21F2NO3S. The van der Waals surface area contributed by atoms with Gasteiger partial charge in [0.15, 0.2) is 0 Å². The summed E-state index contributed by atoms with van der Waals surface area (Å²) in [5.74, 6) is -0.276. The van der Waals surface area contributed by atoms with Gasteiger partial charge in [-0.1, -0.05) is 18.9 Å². The van der Waals surface area contributed by atoms with Crippen LogP contribution >= 0.6 is 0 Å². The summed E-state index contributed by atoms with van der Waals surface area (Å²) in [6.45, 7) is 3.94. The van der Waals surface area contributed by atoms with Gasteiger partial charge >= 0.3 is 0 Å². The van der Waals surface area contributed by atoms with E-state index >= 15 is 0 Å². The quantitative estimate of drug-likeness (QED) is 0.404. The molecule has 0 aliphatic carbocycles. The second kappa shape index (κ2) is 11.9. The Morgan fingerprint density at radius 1 is 1.24 bits per heavy atom. The standard InChI is InChI=1S/C7H14F2O3S.C3H7N/c8-7(9)5-3-1-2-4-6-13(10,11)12;1-2-3-4/h7H,1-6H2,(H,10,11,12);2H,1,3-4H2. The van der Waals surface area contributed by atoms with Crippen LogP contribution in [0.1, 0.15) is 32.1 Å². The van der Waals surface area contributed by atoms with Crippen molar-refractivity contribution in [2.24, 2.45) is 5.73 Å². The highest BCUT2D eigenvalue weighted by Crippen LogP contribution is 2.09. The minimum absolute atomic E-state index is 0.133. The number of unbranched alkanes of at least 4 members (excludes halogenated alkanes) is 3. The molecule has 7 heteroatoms. The third kappa shape index (κ3) is 25.6. The molecule has 0 aliphatic rings. The zero-order chi connectivity index (χ0) is 13.7. The summed E-state index contributed by atoms with van der Waals surface area (Å²) in [5, 5.41) is 0. The molecule has 0 saturated carbocycles. The van der Waals surface area contributed by atoms with E-state index in [0.29, 0.717) is 32.2 Å². The molecular weight excluding hydrogens is 252 g/mol. The van der Waals surface area contributed by atoms with Crippen LogP contribution in [0.5, 0.6) is 0 Å². The van der Waals surface area contributed by atoms with Crippen LogP contribution in [0, 0.1) is 0 Å². The first kappa shape index (κ1) is 18.8. The maximum Gasteiger partial charge on any atom is 0.264 e. The molecule has 0 unspecified atom stereocenters. The molecule has 0 radical (unpaired) electrons. The van der Waals surface area contributed by atoms with Crippen LogP contribution in [-0.2, 0) is 10.1 Å². The lowest BCUT2D eigenvalue weighted by Gasteiger charge is -1.99. The van der Waals surface area contributed by atoms with E-state index in [1.54, 1.807) is 6.08 Å². The molecule has 4 nitrogen and oxygen atoms in total. The number of nitrogens with two attached hydrogens (primary N) is 1. The Kier molecular flexibility index (Phi) is 13.2. The van der Waals surface area contributed by atoms with E-state index in [-0.39, 0.29) is 12.2 Å². The van der Waals surface area contributed by atoms with Crippen molar-refractivity contribution in [3.8, 4) is 0 Å². The largest absolute Gasteiger partial charge is 0.327 e. The fourth-order valence-corrected chi connectivity index (χ4v) is 1.51. The van der Waals surface area contributed by atoms with Gasteiger partial charge in [0.2, 0.25) is 6.43 Å². The molecule has 0 saturated heterocycles. The summed E-state index contributed by atoms with van der Waals surface area (Å²) in [7, 11) is -3.88.